The van der Waals surface area contributed by atoms with Crippen molar-refractivity contribution in [2.45, 2.75) is 6.61 Å². The summed E-state index contributed by atoms with van der Waals surface area (Å²) in [4.78, 5) is 3.94. The van der Waals surface area contributed by atoms with E-state index >= 15 is 0 Å². The Labute approximate surface area is 58.6 Å². The van der Waals surface area contributed by atoms with Crippen molar-refractivity contribution in [2.24, 2.45) is 0 Å². The van der Waals surface area contributed by atoms with E-state index in [1.807, 2.05) is 6.07 Å². The number of fused-ring (bicyclic) bond motifs is 1. The summed E-state index contributed by atoms with van der Waals surface area (Å²) in [6.07, 6.45) is 3.47. The van der Waals surface area contributed by atoms with Gasteiger partial charge < -0.3 is 9.47 Å². The highest BCUT2D eigenvalue weighted by Gasteiger charge is 2.07. The molecule has 2 heterocycles. The Morgan fingerprint density at radius 2 is 2.50 bits per heavy atom. The number of ether oxygens (including phenoxy) is 2. The fourth-order valence-electron chi connectivity index (χ4n) is 0.920. The first-order valence-electron chi connectivity index (χ1n) is 3.10. The van der Waals surface area contributed by atoms with Gasteiger partial charge in [0, 0.05) is 18.0 Å². The van der Waals surface area contributed by atoms with Gasteiger partial charge in [0.15, 0.2) is 6.79 Å². The highest BCUT2D eigenvalue weighted by molar-refractivity contribution is 5.29. The van der Waals surface area contributed by atoms with Crippen molar-refractivity contribution in [1.82, 2.24) is 4.98 Å². The largest absolute Gasteiger partial charge is 0.467 e. The van der Waals surface area contributed by atoms with Gasteiger partial charge in [-0.2, -0.15) is 0 Å². The Bertz CT molecular complexity index is 212. The van der Waals surface area contributed by atoms with Crippen LogP contribution >= 0.6 is 0 Å². The number of nitrogens with zero attached hydrogens (tertiary/aromatic N) is 1. The fraction of sp³-hybridized carbons (Fsp3) is 0.286. The maximum absolute atomic E-state index is 5.16. The van der Waals surface area contributed by atoms with Gasteiger partial charge in [0.2, 0.25) is 0 Å². The van der Waals surface area contributed by atoms with Crippen LogP contribution < -0.4 is 4.74 Å². The summed E-state index contributed by atoms with van der Waals surface area (Å²) >= 11 is 0. The minimum Gasteiger partial charge on any atom is -0.467 e. The molecule has 3 nitrogen and oxygen atoms in total. The van der Waals surface area contributed by atoms with Gasteiger partial charge in [-0.3, -0.25) is 4.98 Å². The van der Waals surface area contributed by atoms with E-state index in [0.29, 0.717) is 13.4 Å². The topological polar surface area (TPSA) is 31.4 Å². The van der Waals surface area contributed by atoms with Crippen molar-refractivity contribution in [3.05, 3.63) is 24.0 Å². The van der Waals surface area contributed by atoms with Crippen LogP contribution in [0.1, 0.15) is 5.56 Å². The summed E-state index contributed by atoms with van der Waals surface area (Å²) < 4.78 is 10.2. The summed E-state index contributed by atoms with van der Waals surface area (Å²) in [7, 11) is 0. The zero-order chi connectivity index (χ0) is 6.81. The summed E-state index contributed by atoms with van der Waals surface area (Å²) in [6, 6.07) is 1.85. The van der Waals surface area contributed by atoms with Crippen LogP contribution in [0.4, 0.5) is 0 Å². The number of aromatic nitrogens is 1. The van der Waals surface area contributed by atoms with E-state index in [-0.39, 0.29) is 0 Å². The molecule has 0 amide bonds. The monoisotopic (exact) mass is 137 g/mol. The predicted molar refractivity (Wildman–Crippen MR) is 34.5 cm³/mol. The van der Waals surface area contributed by atoms with Crippen LogP contribution in [0.5, 0.6) is 5.75 Å². The molecule has 3 heteroatoms. The SMILES string of the molecule is c1cc2c(cn1)COCO2. The molecule has 0 atom stereocenters. The van der Waals surface area contributed by atoms with Gasteiger partial charge in [-0.25, -0.2) is 0 Å². The normalized spacial score (nSPS) is 15.6. The molecule has 0 saturated heterocycles. The lowest BCUT2D eigenvalue weighted by Crippen LogP contribution is -2.10. The third-order valence-corrected chi connectivity index (χ3v) is 1.41. The van der Waals surface area contributed by atoms with Crippen molar-refractivity contribution in [3.63, 3.8) is 0 Å². The molecule has 2 rings (SSSR count). The van der Waals surface area contributed by atoms with Gasteiger partial charge in [-0.05, 0) is 6.07 Å². The molecule has 1 aliphatic rings. The van der Waals surface area contributed by atoms with Gasteiger partial charge in [-0.1, -0.05) is 0 Å². The second-order valence-corrected chi connectivity index (χ2v) is 2.09. The van der Waals surface area contributed by atoms with Crippen molar-refractivity contribution >= 4 is 0 Å². The van der Waals surface area contributed by atoms with Gasteiger partial charge >= 0.3 is 0 Å². The van der Waals surface area contributed by atoms with E-state index in [1.165, 1.54) is 0 Å². The number of hydrogen-bond donors (Lipinski definition) is 0. The average Bonchev–Trinajstić information content (AvgIpc) is 2.05. The molecule has 0 bridgehead atoms. The lowest BCUT2D eigenvalue weighted by atomic mass is 10.3. The first kappa shape index (κ1) is 5.68. The molecule has 52 valence electrons. The van der Waals surface area contributed by atoms with E-state index in [2.05, 4.69) is 4.98 Å². The lowest BCUT2D eigenvalue weighted by Gasteiger charge is -2.15. The first-order chi connectivity index (χ1) is 4.97. The standard InChI is InChI=1S/C7H7NO2/c1-2-8-3-6-4-9-5-10-7(1)6/h1-3H,4-5H2. The van der Waals surface area contributed by atoms with Crippen molar-refractivity contribution < 1.29 is 9.47 Å². The molecule has 0 radical (unpaired) electrons. The molecular weight excluding hydrogens is 130 g/mol. The summed E-state index contributed by atoms with van der Waals surface area (Å²) in [5.74, 6) is 0.890. The average molecular weight is 137 g/mol. The van der Waals surface area contributed by atoms with Crippen LogP contribution in [0.3, 0.4) is 0 Å². The quantitative estimate of drug-likeness (QED) is 0.533. The Kier molecular flexibility index (Phi) is 1.29. The zero-order valence-electron chi connectivity index (χ0n) is 5.41. The van der Waals surface area contributed by atoms with E-state index < -0.39 is 0 Å². The van der Waals surface area contributed by atoms with Gasteiger partial charge in [0.25, 0.3) is 0 Å². The maximum atomic E-state index is 5.16. The zero-order valence-corrected chi connectivity index (χ0v) is 5.41. The second-order valence-electron chi connectivity index (χ2n) is 2.09. The Morgan fingerprint density at radius 1 is 1.50 bits per heavy atom. The number of rotatable bonds is 0. The van der Waals surface area contributed by atoms with Crippen LogP contribution in [0, 0.1) is 0 Å². The molecule has 0 spiro atoms. The molecule has 0 N–H and O–H groups in total. The molecule has 0 saturated carbocycles. The highest BCUT2D eigenvalue weighted by Crippen LogP contribution is 2.20. The van der Waals surface area contributed by atoms with Crippen LogP contribution in [0.2, 0.25) is 0 Å². The highest BCUT2D eigenvalue weighted by atomic mass is 16.7. The van der Waals surface area contributed by atoms with Crippen LogP contribution in [0.25, 0.3) is 0 Å². The number of hydrogen-bond acceptors (Lipinski definition) is 3. The molecule has 10 heavy (non-hydrogen) atoms. The van der Waals surface area contributed by atoms with Gasteiger partial charge in [0.1, 0.15) is 5.75 Å². The molecule has 1 aromatic rings. The Hall–Kier alpha value is -1.09. The molecule has 0 unspecified atom stereocenters. The maximum Gasteiger partial charge on any atom is 0.189 e. The second kappa shape index (κ2) is 2.27. The molecule has 0 fully saturated rings. The smallest absolute Gasteiger partial charge is 0.189 e. The molecule has 0 aliphatic carbocycles. The molecule has 0 aromatic carbocycles. The summed E-state index contributed by atoms with van der Waals surface area (Å²) in [5, 5.41) is 0. The Morgan fingerprint density at radius 3 is 3.40 bits per heavy atom. The molecular formula is C7H7NO2. The lowest BCUT2D eigenvalue weighted by molar-refractivity contribution is -0.0166. The Balaban J connectivity index is 2.41. The summed E-state index contributed by atoms with van der Waals surface area (Å²) in [6.45, 7) is 0.972. The van der Waals surface area contributed by atoms with Crippen molar-refractivity contribution in [1.29, 1.82) is 0 Å². The summed E-state index contributed by atoms with van der Waals surface area (Å²) in [5.41, 5.74) is 1.02. The van der Waals surface area contributed by atoms with Crippen LogP contribution in [-0.2, 0) is 11.3 Å². The first-order valence-corrected chi connectivity index (χ1v) is 3.10. The minimum absolute atomic E-state index is 0.358. The van der Waals surface area contributed by atoms with Crippen LogP contribution in [-0.4, -0.2) is 11.8 Å². The third-order valence-electron chi connectivity index (χ3n) is 1.41. The third kappa shape index (κ3) is 0.844. The van der Waals surface area contributed by atoms with Gasteiger partial charge in [-0.15, -0.1) is 0 Å². The number of pyridine rings is 1. The minimum atomic E-state index is 0.358. The van der Waals surface area contributed by atoms with Crippen molar-refractivity contribution in [3.8, 4) is 5.75 Å². The van der Waals surface area contributed by atoms with E-state index in [0.717, 1.165) is 11.3 Å². The van der Waals surface area contributed by atoms with E-state index in [4.69, 9.17) is 9.47 Å². The molecule has 1 aromatic heterocycles. The van der Waals surface area contributed by atoms with Crippen LogP contribution in [0.15, 0.2) is 18.5 Å². The van der Waals surface area contributed by atoms with E-state index in [1.54, 1.807) is 12.4 Å². The fourth-order valence-corrected chi connectivity index (χ4v) is 0.920. The van der Waals surface area contributed by atoms with E-state index in [9.17, 15) is 0 Å². The molecule has 1 aliphatic heterocycles. The van der Waals surface area contributed by atoms with Gasteiger partial charge in [0.05, 0.1) is 6.61 Å². The van der Waals surface area contributed by atoms with Crippen molar-refractivity contribution in [2.75, 3.05) is 6.79 Å². The predicted octanol–water partition coefficient (Wildman–Crippen LogP) is 0.948.